The first-order valence-corrected chi connectivity index (χ1v) is 12.4. The molecule has 0 unspecified atom stereocenters. The van der Waals surface area contributed by atoms with Gasteiger partial charge >= 0.3 is 0 Å². The van der Waals surface area contributed by atoms with E-state index in [1.54, 1.807) is 28.4 Å². The van der Waals surface area contributed by atoms with Crippen molar-refractivity contribution in [2.75, 3.05) is 41.5 Å². The van der Waals surface area contributed by atoms with E-state index in [9.17, 15) is 0 Å². The Morgan fingerprint density at radius 1 is 0.667 bits per heavy atom. The molecular weight excluding hydrogens is 499 g/mol. The lowest BCUT2D eigenvalue weighted by Gasteiger charge is -2.22. The van der Waals surface area contributed by atoms with Crippen LogP contribution in [0.25, 0.3) is 0 Å². The Balaban J connectivity index is 0.00000612. The van der Waals surface area contributed by atoms with Crippen LogP contribution >= 0.6 is 24.8 Å². The van der Waals surface area contributed by atoms with Crippen molar-refractivity contribution >= 4 is 24.8 Å². The predicted octanol–water partition coefficient (Wildman–Crippen LogP) is 6.05. The van der Waals surface area contributed by atoms with Crippen LogP contribution < -0.4 is 29.6 Å². The Labute approximate surface area is 230 Å². The van der Waals surface area contributed by atoms with Gasteiger partial charge in [-0.3, -0.25) is 0 Å². The van der Waals surface area contributed by atoms with Crippen molar-refractivity contribution in [2.45, 2.75) is 65.5 Å². The lowest BCUT2D eigenvalue weighted by atomic mass is 10.0. The van der Waals surface area contributed by atoms with Gasteiger partial charge in [0.05, 0.1) is 34.6 Å². The van der Waals surface area contributed by atoms with E-state index in [0.29, 0.717) is 0 Å². The number of benzene rings is 2. The summed E-state index contributed by atoms with van der Waals surface area (Å²) in [6, 6.07) is 8.25. The highest BCUT2D eigenvalue weighted by Crippen LogP contribution is 2.33. The molecule has 0 saturated carbocycles. The SMILES string of the molecule is CCCCCC(NCCc1ccc(OC)c(OC)c1C)NCCc1ccc(OC)c(OC)c1C.Cl.Cl. The molecule has 206 valence electrons. The zero-order valence-electron chi connectivity index (χ0n) is 23.0. The maximum atomic E-state index is 5.56. The highest BCUT2D eigenvalue weighted by atomic mass is 35.5. The number of halogens is 2. The quantitative estimate of drug-likeness (QED) is 0.198. The molecule has 2 aromatic carbocycles. The van der Waals surface area contributed by atoms with Gasteiger partial charge in [-0.2, -0.15) is 0 Å². The number of nitrogens with one attached hydrogen (secondary N) is 2. The molecule has 0 saturated heterocycles. The van der Waals surface area contributed by atoms with Gasteiger partial charge in [0.1, 0.15) is 0 Å². The molecule has 8 heteroatoms. The number of rotatable bonds is 16. The second-order valence-electron chi connectivity index (χ2n) is 8.63. The molecule has 0 spiro atoms. The Kier molecular flexibility index (Phi) is 17.4. The monoisotopic (exact) mass is 544 g/mol. The third-order valence-electron chi connectivity index (χ3n) is 6.48. The second-order valence-corrected chi connectivity index (χ2v) is 8.63. The first kappa shape index (κ1) is 34.1. The summed E-state index contributed by atoms with van der Waals surface area (Å²) in [4.78, 5) is 0. The lowest BCUT2D eigenvalue weighted by Crippen LogP contribution is -2.44. The largest absolute Gasteiger partial charge is 0.493 e. The summed E-state index contributed by atoms with van der Waals surface area (Å²) in [5.74, 6) is 3.20. The number of methoxy groups -OCH3 is 4. The van der Waals surface area contributed by atoms with E-state index in [1.807, 2.05) is 12.1 Å². The van der Waals surface area contributed by atoms with E-state index in [0.717, 1.165) is 66.5 Å². The molecule has 36 heavy (non-hydrogen) atoms. The highest BCUT2D eigenvalue weighted by Gasteiger charge is 2.14. The molecule has 0 atom stereocenters. The third-order valence-corrected chi connectivity index (χ3v) is 6.48. The third kappa shape index (κ3) is 9.55. The van der Waals surface area contributed by atoms with Crippen LogP contribution in [0, 0.1) is 13.8 Å². The van der Waals surface area contributed by atoms with E-state index >= 15 is 0 Å². The van der Waals surface area contributed by atoms with Gasteiger partial charge in [0, 0.05) is 13.1 Å². The fourth-order valence-corrected chi connectivity index (χ4v) is 4.42. The molecule has 0 amide bonds. The minimum Gasteiger partial charge on any atom is -0.493 e. The van der Waals surface area contributed by atoms with Gasteiger partial charge < -0.3 is 29.6 Å². The molecular formula is C28H46Cl2N2O4. The first-order chi connectivity index (χ1) is 16.5. The van der Waals surface area contributed by atoms with Crippen molar-refractivity contribution in [1.29, 1.82) is 0 Å². The Bertz CT molecular complexity index is 829. The van der Waals surface area contributed by atoms with E-state index in [4.69, 9.17) is 18.9 Å². The summed E-state index contributed by atoms with van der Waals surface area (Å²) < 4.78 is 22.0. The van der Waals surface area contributed by atoms with Crippen LogP contribution in [0.15, 0.2) is 24.3 Å². The van der Waals surface area contributed by atoms with Gasteiger partial charge in [-0.05, 0) is 67.5 Å². The minimum atomic E-state index is 0. The summed E-state index contributed by atoms with van der Waals surface area (Å²) in [6.45, 7) is 8.23. The summed E-state index contributed by atoms with van der Waals surface area (Å²) in [5.41, 5.74) is 4.84. The molecule has 2 aromatic rings. The van der Waals surface area contributed by atoms with Crippen molar-refractivity contribution < 1.29 is 18.9 Å². The molecule has 2 N–H and O–H groups in total. The van der Waals surface area contributed by atoms with Gasteiger partial charge in [0.2, 0.25) is 0 Å². The standard InChI is InChI=1S/C28H44N2O4.2ClH/c1-8-9-10-11-26(29-18-16-22-12-14-24(31-4)27(33-6)20(22)2)30-19-17-23-13-15-25(32-5)28(34-7)21(23)3;;/h12-15,26,29-30H,8-11,16-19H2,1-7H3;2*1H. The maximum Gasteiger partial charge on any atom is 0.163 e. The van der Waals surface area contributed by atoms with Crippen LogP contribution in [-0.2, 0) is 12.8 Å². The van der Waals surface area contributed by atoms with Gasteiger partial charge in [-0.15, -0.1) is 24.8 Å². The summed E-state index contributed by atoms with van der Waals surface area (Å²) in [6.07, 6.45) is 6.97. The molecule has 0 aliphatic heterocycles. The van der Waals surface area contributed by atoms with Gasteiger partial charge in [-0.25, -0.2) is 0 Å². The van der Waals surface area contributed by atoms with Crippen LogP contribution in [0.1, 0.15) is 54.9 Å². The van der Waals surface area contributed by atoms with Gasteiger partial charge in [0.15, 0.2) is 23.0 Å². The average Bonchev–Trinajstić information content (AvgIpc) is 2.85. The fourth-order valence-electron chi connectivity index (χ4n) is 4.42. The van der Waals surface area contributed by atoms with Crippen molar-refractivity contribution in [1.82, 2.24) is 10.6 Å². The van der Waals surface area contributed by atoms with Crippen LogP contribution in [0.2, 0.25) is 0 Å². The predicted molar refractivity (Wildman–Crippen MR) is 154 cm³/mol. The zero-order valence-corrected chi connectivity index (χ0v) is 24.6. The number of hydrogen-bond donors (Lipinski definition) is 2. The fraction of sp³-hybridized carbons (Fsp3) is 0.571. The van der Waals surface area contributed by atoms with E-state index < -0.39 is 0 Å². The summed E-state index contributed by atoms with van der Waals surface area (Å²) in [7, 11) is 6.74. The molecule has 0 bridgehead atoms. The average molecular weight is 546 g/mol. The van der Waals surface area contributed by atoms with Crippen molar-refractivity contribution in [2.24, 2.45) is 0 Å². The summed E-state index contributed by atoms with van der Waals surface area (Å²) in [5, 5.41) is 7.47. The topological polar surface area (TPSA) is 61.0 Å². The van der Waals surface area contributed by atoms with E-state index in [1.165, 1.54) is 30.4 Å². The molecule has 0 aliphatic carbocycles. The van der Waals surface area contributed by atoms with Crippen LogP contribution in [0.5, 0.6) is 23.0 Å². The van der Waals surface area contributed by atoms with Crippen LogP contribution in [0.4, 0.5) is 0 Å². The normalized spacial score (nSPS) is 10.4. The summed E-state index contributed by atoms with van der Waals surface area (Å²) >= 11 is 0. The Morgan fingerprint density at radius 3 is 1.47 bits per heavy atom. The van der Waals surface area contributed by atoms with Gasteiger partial charge in [-0.1, -0.05) is 38.3 Å². The molecule has 2 rings (SSSR count). The molecule has 0 aliphatic rings. The van der Waals surface area contributed by atoms with E-state index in [2.05, 4.69) is 43.5 Å². The van der Waals surface area contributed by atoms with Crippen LogP contribution in [-0.4, -0.2) is 47.7 Å². The molecule has 0 heterocycles. The van der Waals surface area contributed by atoms with Gasteiger partial charge in [0.25, 0.3) is 0 Å². The highest BCUT2D eigenvalue weighted by molar-refractivity contribution is 5.85. The van der Waals surface area contributed by atoms with Crippen LogP contribution in [0.3, 0.4) is 0 Å². The number of unbranched alkanes of at least 4 members (excludes halogenated alkanes) is 2. The Hall–Kier alpha value is -1.86. The Morgan fingerprint density at radius 2 is 1.11 bits per heavy atom. The molecule has 0 fully saturated rings. The van der Waals surface area contributed by atoms with Crippen molar-refractivity contribution in [3.63, 3.8) is 0 Å². The molecule has 6 nitrogen and oxygen atoms in total. The first-order valence-electron chi connectivity index (χ1n) is 12.4. The zero-order chi connectivity index (χ0) is 24.9. The number of ether oxygens (including phenoxy) is 4. The van der Waals surface area contributed by atoms with E-state index in [-0.39, 0.29) is 31.0 Å². The number of hydrogen-bond acceptors (Lipinski definition) is 6. The lowest BCUT2D eigenvalue weighted by molar-refractivity contribution is 0.351. The molecule has 0 aromatic heterocycles. The molecule has 0 radical (unpaired) electrons. The van der Waals surface area contributed by atoms with Crippen molar-refractivity contribution in [3.8, 4) is 23.0 Å². The van der Waals surface area contributed by atoms with Crippen molar-refractivity contribution in [3.05, 3.63) is 46.5 Å². The minimum absolute atomic E-state index is 0. The second kappa shape index (κ2) is 18.4. The maximum absolute atomic E-state index is 5.56. The smallest absolute Gasteiger partial charge is 0.163 e.